The van der Waals surface area contributed by atoms with E-state index in [2.05, 4.69) is 13.8 Å². The molecule has 0 aliphatic heterocycles. The van der Waals surface area contributed by atoms with Gasteiger partial charge in [0, 0.05) is 13.1 Å². The van der Waals surface area contributed by atoms with Gasteiger partial charge in [0.2, 0.25) is 0 Å². The van der Waals surface area contributed by atoms with E-state index >= 15 is 0 Å². The van der Waals surface area contributed by atoms with Crippen LogP contribution in [0.15, 0.2) is 0 Å². The van der Waals surface area contributed by atoms with E-state index in [1.54, 1.807) is 4.90 Å². The average Bonchev–Trinajstić information content (AvgIpc) is 2.03. The van der Waals surface area contributed by atoms with Crippen molar-refractivity contribution in [2.45, 2.75) is 39.5 Å². The monoisotopic (exact) mass is 156 g/mol. The number of hydrogen-bond donors (Lipinski definition) is 0. The molecule has 0 heterocycles. The molecule has 1 amide bonds. The zero-order valence-electron chi connectivity index (χ0n) is 7.60. The lowest BCUT2D eigenvalue weighted by atomic mass is 10.2. The van der Waals surface area contributed by atoms with Crippen LogP contribution in [0.2, 0.25) is 0 Å². The normalized spacial score (nSPS) is 9.64. The van der Waals surface area contributed by atoms with Crippen LogP contribution in [0.3, 0.4) is 0 Å². The van der Waals surface area contributed by atoms with Crippen LogP contribution in [0.1, 0.15) is 39.5 Å². The minimum Gasteiger partial charge on any atom is -0.334 e. The van der Waals surface area contributed by atoms with Gasteiger partial charge in [-0.25, -0.2) is 0 Å². The lowest BCUT2D eigenvalue weighted by Crippen LogP contribution is -2.23. The second kappa shape index (κ2) is 7.58. The van der Waals surface area contributed by atoms with E-state index in [4.69, 9.17) is 0 Å². The highest BCUT2D eigenvalue weighted by Crippen LogP contribution is 1.96. The molecule has 0 aliphatic rings. The first-order valence-electron chi connectivity index (χ1n) is 4.47. The maximum Gasteiger partial charge on any atom is 0.312 e. The first-order chi connectivity index (χ1) is 5.35. The molecule has 0 rings (SSSR count). The van der Waals surface area contributed by atoms with E-state index in [0.29, 0.717) is 0 Å². The Morgan fingerprint density at radius 3 is 2.27 bits per heavy atom. The Hall–Kier alpha value is -0.530. The van der Waals surface area contributed by atoms with Crippen LogP contribution in [-0.2, 0) is 4.79 Å². The van der Waals surface area contributed by atoms with Crippen molar-refractivity contribution in [2.24, 2.45) is 0 Å². The van der Waals surface area contributed by atoms with E-state index in [0.717, 1.165) is 25.9 Å². The van der Waals surface area contributed by atoms with Gasteiger partial charge in [0.05, 0.1) is 0 Å². The Bertz CT molecular complexity index is 93.6. The van der Waals surface area contributed by atoms with Gasteiger partial charge in [-0.3, -0.25) is 4.79 Å². The molecule has 0 aromatic carbocycles. The SMILES string of the molecule is CCCCCN([C]=O)CCC. The van der Waals surface area contributed by atoms with Gasteiger partial charge in [0.15, 0.2) is 0 Å². The molecule has 0 aliphatic carbocycles. The predicted molar refractivity (Wildman–Crippen MR) is 47.1 cm³/mol. The summed E-state index contributed by atoms with van der Waals surface area (Å²) in [6.45, 7) is 5.97. The van der Waals surface area contributed by atoms with Crippen LogP contribution in [0.25, 0.3) is 0 Å². The van der Waals surface area contributed by atoms with Gasteiger partial charge in [0.25, 0.3) is 0 Å². The Labute approximate surface area is 69.6 Å². The Morgan fingerprint density at radius 2 is 1.82 bits per heavy atom. The molecule has 2 nitrogen and oxygen atoms in total. The van der Waals surface area contributed by atoms with Gasteiger partial charge in [-0.2, -0.15) is 0 Å². The molecule has 0 aromatic heterocycles. The average molecular weight is 156 g/mol. The summed E-state index contributed by atoms with van der Waals surface area (Å²) in [4.78, 5) is 12.0. The lowest BCUT2D eigenvalue weighted by molar-refractivity contribution is 0.369. The fourth-order valence-electron chi connectivity index (χ4n) is 1.03. The van der Waals surface area contributed by atoms with Crippen LogP contribution >= 0.6 is 0 Å². The van der Waals surface area contributed by atoms with Crippen molar-refractivity contribution >= 4 is 6.41 Å². The smallest absolute Gasteiger partial charge is 0.312 e. The van der Waals surface area contributed by atoms with E-state index in [9.17, 15) is 4.79 Å². The quantitative estimate of drug-likeness (QED) is 0.407. The molecular weight excluding hydrogens is 138 g/mol. The summed E-state index contributed by atoms with van der Waals surface area (Å²) in [7, 11) is 0. The molecule has 65 valence electrons. The molecule has 0 saturated heterocycles. The standard InChI is InChI=1S/C9H18NO/c1-3-5-6-8-10(9-11)7-4-2/h3-8H2,1-2H3. The van der Waals surface area contributed by atoms with Crippen LogP contribution in [0, 0.1) is 0 Å². The zero-order chi connectivity index (χ0) is 8.53. The van der Waals surface area contributed by atoms with Gasteiger partial charge >= 0.3 is 6.41 Å². The third kappa shape index (κ3) is 5.89. The minimum atomic E-state index is 0.854. The van der Waals surface area contributed by atoms with Gasteiger partial charge in [-0.05, 0) is 12.8 Å². The summed E-state index contributed by atoms with van der Waals surface area (Å²) in [6.07, 6.45) is 6.51. The van der Waals surface area contributed by atoms with Crippen molar-refractivity contribution in [2.75, 3.05) is 13.1 Å². The van der Waals surface area contributed by atoms with Crippen LogP contribution in [-0.4, -0.2) is 24.4 Å². The van der Waals surface area contributed by atoms with Crippen molar-refractivity contribution in [3.8, 4) is 0 Å². The molecule has 0 N–H and O–H groups in total. The summed E-state index contributed by atoms with van der Waals surface area (Å²) in [5.74, 6) is 0. The summed E-state index contributed by atoms with van der Waals surface area (Å²) in [5.41, 5.74) is 0. The molecule has 11 heavy (non-hydrogen) atoms. The van der Waals surface area contributed by atoms with E-state index in [-0.39, 0.29) is 0 Å². The molecule has 0 aromatic rings. The highest BCUT2D eigenvalue weighted by Gasteiger charge is 1.98. The third-order valence-corrected chi connectivity index (χ3v) is 1.65. The van der Waals surface area contributed by atoms with Crippen molar-refractivity contribution in [3.05, 3.63) is 0 Å². The number of carbonyl (C=O) groups excluding carboxylic acids is 1. The summed E-state index contributed by atoms with van der Waals surface area (Å²) in [5, 5.41) is 0. The first-order valence-corrected chi connectivity index (χ1v) is 4.47. The van der Waals surface area contributed by atoms with Crippen molar-refractivity contribution in [1.29, 1.82) is 0 Å². The van der Waals surface area contributed by atoms with Crippen molar-refractivity contribution in [1.82, 2.24) is 4.90 Å². The maximum atomic E-state index is 10.3. The second-order valence-corrected chi connectivity index (χ2v) is 2.79. The number of rotatable bonds is 7. The third-order valence-electron chi connectivity index (χ3n) is 1.65. The fourth-order valence-corrected chi connectivity index (χ4v) is 1.03. The highest BCUT2D eigenvalue weighted by atomic mass is 16.1. The number of amides is 1. The van der Waals surface area contributed by atoms with Crippen molar-refractivity contribution < 1.29 is 4.79 Å². The topological polar surface area (TPSA) is 20.3 Å². The van der Waals surface area contributed by atoms with Crippen LogP contribution in [0.5, 0.6) is 0 Å². The summed E-state index contributed by atoms with van der Waals surface area (Å²) < 4.78 is 0. The molecule has 0 fully saturated rings. The van der Waals surface area contributed by atoms with Crippen LogP contribution < -0.4 is 0 Å². The zero-order valence-corrected chi connectivity index (χ0v) is 7.60. The van der Waals surface area contributed by atoms with Gasteiger partial charge in [-0.1, -0.05) is 26.7 Å². The predicted octanol–water partition coefficient (Wildman–Crippen LogP) is 1.96. The summed E-state index contributed by atoms with van der Waals surface area (Å²) in [6, 6.07) is 0. The summed E-state index contributed by atoms with van der Waals surface area (Å²) >= 11 is 0. The molecule has 1 radical (unpaired) electrons. The van der Waals surface area contributed by atoms with Gasteiger partial charge in [-0.15, -0.1) is 0 Å². The van der Waals surface area contributed by atoms with Crippen molar-refractivity contribution in [3.63, 3.8) is 0 Å². The fraction of sp³-hybridized carbons (Fsp3) is 0.889. The Morgan fingerprint density at radius 1 is 1.09 bits per heavy atom. The minimum absolute atomic E-state index is 0.854. The number of unbranched alkanes of at least 4 members (excludes halogenated alkanes) is 2. The molecule has 0 unspecified atom stereocenters. The number of hydrogen-bond acceptors (Lipinski definition) is 1. The Balaban J connectivity index is 3.28. The molecular formula is C9H18NO. The van der Waals surface area contributed by atoms with Gasteiger partial charge in [0.1, 0.15) is 0 Å². The van der Waals surface area contributed by atoms with E-state index in [1.165, 1.54) is 12.8 Å². The van der Waals surface area contributed by atoms with Gasteiger partial charge < -0.3 is 4.90 Å². The first kappa shape index (κ1) is 10.5. The Kier molecular flexibility index (Phi) is 7.21. The van der Waals surface area contributed by atoms with E-state index in [1.807, 2.05) is 6.41 Å². The molecule has 0 saturated carbocycles. The molecule has 2 heteroatoms. The molecule has 0 atom stereocenters. The maximum absolute atomic E-state index is 10.3. The second-order valence-electron chi connectivity index (χ2n) is 2.79. The number of nitrogens with zero attached hydrogens (tertiary/aromatic N) is 1. The molecule has 0 bridgehead atoms. The van der Waals surface area contributed by atoms with E-state index < -0.39 is 0 Å². The largest absolute Gasteiger partial charge is 0.334 e. The lowest BCUT2D eigenvalue weighted by Gasteiger charge is -2.13. The molecule has 0 spiro atoms. The van der Waals surface area contributed by atoms with Crippen LogP contribution in [0.4, 0.5) is 0 Å². The highest BCUT2D eigenvalue weighted by molar-refractivity contribution is 5.47.